The highest BCUT2D eigenvalue weighted by atomic mass is 16.3. The lowest BCUT2D eigenvalue weighted by molar-refractivity contribution is -0.123. The van der Waals surface area contributed by atoms with Crippen molar-refractivity contribution in [3.8, 4) is 11.5 Å². The summed E-state index contributed by atoms with van der Waals surface area (Å²) in [5.41, 5.74) is -2.12. The molecule has 0 saturated heterocycles. The Morgan fingerprint density at radius 2 is 0.882 bits per heavy atom. The van der Waals surface area contributed by atoms with Crippen LogP contribution in [0.5, 0.6) is 11.5 Å². The van der Waals surface area contributed by atoms with Crippen LogP contribution in [0.1, 0.15) is 22.3 Å². The Hall–Kier alpha value is -4.51. The van der Waals surface area contributed by atoms with Crippen molar-refractivity contribution in [1.29, 1.82) is 10.8 Å². The van der Waals surface area contributed by atoms with Crippen molar-refractivity contribution < 1.29 is 15.0 Å². The number of para-hydroxylation sites is 2. The first-order chi connectivity index (χ1) is 16.5. The third-order valence-electron chi connectivity index (χ3n) is 6.27. The van der Waals surface area contributed by atoms with Crippen LogP contribution in [0.2, 0.25) is 0 Å². The summed E-state index contributed by atoms with van der Waals surface area (Å²) in [7, 11) is 0. The molecule has 5 nitrogen and oxygen atoms in total. The average Bonchev–Trinajstić information content (AvgIpc) is 2.89. The highest BCUT2D eigenvalue weighted by Crippen LogP contribution is 2.46. The molecular weight excluding hydrogens is 424 g/mol. The Kier molecular flexibility index (Phi) is 6.11. The number of Topliss-reactive ketones (excluding diaryl/α,β-unsaturated/α-hetero) is 1. The van der Waals surface area contributed by atoms with Crippen molar-refractivity contribution in [3.05, 3.63) is 131 Å². The second-order valence-electron chi connectivity index (χ2n) is 8.00. The average molecular weight is 449 g/mol. The van der Waals surface area contributed by atoms with E-state index in [1.54, 1.807) is 97.1 Å². The molecule has 0 aliphatic carbocycles. The Morgan fingerprint density at radius 3 is 1.21 bits per heavy atom. The number of phenols is 2. The predicted molar refractivity (Wildman–Crippen MR) is 133 cm³/mol. The predicted octanol–water partition coefficient (Wildman–Crippen LogP) is 5.24. The molecule has 0 amide bonds. The number of hydrogen-bond donors (Lipinski definition) is 4. The Balaban J connectivity index is 2.15. The third kappa shape index (κ3) is 3.39. The molecular formula is C29H24N2O3. The van der Waals surface area contributed by atoms with Crippen LogP contribution >= 0.6 is 0 Å². The molecule has 0 aliphatic rings. The summed E-state index contributed by atoms with van der Waals surface area (Å²) in [6.07, 6.45) is 2.03. The fourth-order valence-electron chi connectivity index (χ4n) is 4.60. The van der Waals surface area contributed by atoms with E-state index in [1.165, 1.54) is 12.1 Å². The van der Waals surface area contributed by atoms with Crippen molar-refractivity contribution in [2.75, 3.05) is 0 Å². The van der Waals surface area contributed by atoms with Crippen LogP contribution in [0, 0.1) is 10.8 Å². The summed E-state index contributed by atoms with van der Waals surface area (Å²) >= 11 is 0. The van der Waals surface area contributed by atoms with Gasteiger partial charge >= 0.3 is 0 Å². The summed E-state index contributed by atoms with van der Waals surface area (Å²) in [5.74, 6) is -0.856. The first-order valence-electron chi connectivity index (χ1n) is 10.8. The first kappa shape index (κ1) is 22.7. The number of aromatic hydroxyl groups is 2. The van der Waals surface area contributed by atoms with E-state index in [2.05, 4.69) is 0 Å². The molecule has 2 atom stereocenters. The first-order valence-corrected chi connectivity index (χ1v) is 10.8. The van der Waals surface area contributed by atoms with Crippen LogP contribution in [0.3, 0.4) is 0 Å². The maximum atomic E-state index is 14.9. The summed E-state index contributed by atoms with van der Waals surface area (Å²) in [6.45, 7) is 0. The Labute approximate surface area is 198 Å². The van der Waals surface area contributed by atoms with Crippen molar-refractivity contribution in [1.82, 2.24) is 0 Å². The second kappa shape index (κ2) is 9.16. The number of carbonyl (C=O) groups excluding carboxylic acids is 1. The fourth-order valence-corrected chi connectivity index (χ4v) is 4.60. The van der Waals surface area contributed by atoms with Gasteiger partial charge < -0.3 is 21.0 Å². The maximum absolute atomic E-state index is 14.9. The number of benzene rings is 4. The van der Waals surface area contributed by atoms with Gasteiger partial charge in [0.2, 0.25) is 0 Å². The Bertz CT molecular complexity index is 1230. The second-order valence-corrected chi connectivity index (χ2v) is 8.00. The number of nitrogens with one attached hydrogen (secondary N) is 2. The molecule has 0 saturated carbocycles. The smallest absolute Gasteiger partial charge is 0.173 e. The molecule has 0 fully saturated rings. The number of phenolic OH excluding ortho intramolecular Hbond substituents is 2. The van der Waals surface area contributed by atoms with E-state index < -0.39 is 16.6 Å². The molecule has 0 spiro atoms. The zero-order valence-electron chi connectivity index (χ0n) is 18.3. The van der Waals surface area contributed by atoms with Crippen LogP contribution in [0.4, 0.5) is 0 Å². The number of ketones is 1. The lowest BCUT2D eigenvalue weighted by atomic mass is 9.59. The highest BCUT2D eigenvalue weighted by Gasteiger charge is 2.54. The monoisotopic (exact) mass is 448 g/mol. The topological polar surface area (TPSA) is 105 Å². The van der Waals surface area contributed by atoms with Crippen LogP contribution < -0.4 is 0 Å². The van der Waals surface area contributed by atoms with E-state index in [0.29, 0.717) is 11.1 Å². The summed E-state index contributed by atoms with van der Waals surface area (Å²) in [5, 5.41) is 38.8. The minimum Gasteiger partial charge on any atom is -0.508 e. The molecule has 5 heteroatoms. The molecule has 168 valence electrons. The molecule has 4 rings (SSSR count). The van der Waals surface area contributed by atoms with Crippen LogP contribution in [0.25, 0.3) is 0 Å². The molecule has 0 heterocycles. The van der Waals surface area contributed by atoms with Crippen molar-refractivity contribution in [3.63, 3.8) is 0 Å². The van der Waals surface area contributed by atoms with Gasteiger partial charge in [0, 0.05) is 23.6 Å². The van der Waals surface area contributed by atoms with E-state index in [-0.39, 0.29) is 22.6 Å². The zero-order chi connectivity index (χ0) is 24.2. The van der Waals surface area contributed by atoms with Gasteiger partial charge in [0.1, 0.15) is 22.3 Å². The van der Waals surface area contributed by atoms with Crippen LogP contribution in [-0.2, 0) is 15.6 Å². The minimum atomic E-state index is -1.75. The van der Waals surface area contributed by atoms with Crippen molar-refractivity contribution in [2.24, 2.45) is 0 Å². The minimum absolute atomic E-state index is 0.146. The summed E-state index contributed by atoms with van der Waals surface area (Å²) in [6, 6.07) is 30.4. The molecule has 34 heavy (non-hydrogen) atoms. The normalized spacial score (nSPS) is 14.4. The van der Waals surface area contributed by atoms with Gasteiger partial charge in [-0.25, -0.2) is 0 Å². The molecule has 4 aromatic rings. The zero-order valence-corrected chi connectivity index (χ0v) is 18.3. The SMILES string of the molecule is N=CC(C(=O)C(C=N)(c1ccccc1)c1ccccc1O)(c1ccccc1)c1ccccc1O. The standard InChI is InChI=1S/C29H24N2O3/c30-19-28(21-11-3-1-4-12-21,23-15-7-9-17-25(23)32)27(34)29(20-31,22-13-5-2-6-14-22)24-16-8-10-18-26(24)33/h1-20,30-33H. The van der Waals surface area contributed by atoms with E-state index in [1.807, 2.05) is 0 Å². The molecule has 4 aromatic carbocycles. The van der Waals surface area contributed by atoms with Gasteiger partial charge in [0.15, 0.2) is 5.78 Å². The Morgan fingerprint density at radius 1 is 0.559 bits per heavy atom. The quantitative estimate of drug-likeness (QED) is 0.277. The van der Waals surface area contributed by atoms with Crippen LogP contribution in [-0.4, -0.2) is 28.4 Å². The largest absolute Gasteiger partial charge is 0.508 e. The number of rotatable bonds is 8. The third-order valence-corrected chi connectivity index (χ3v) is 6.27. The van der Waals surface area contributed by atoms with E-state index >= 15 is 0 Å². The maximum Gasteiger partial charge on any atom is 0.173 e. The van der Waals surface area contributed by atoms with Gasteiger partial charge in [0.25, 0.3) is 0 Å². The highest BCUT2D eigenvalue weighted by molar-refractivity contribution is 6.22. The van der Waals surface area contributed by atoms with Gasteiger partial charge in [0.05, 0.1) is 0 Å². The van der Waals surface area contributed by atoms with Gasteiger partial charge in [-0.3, -0.25) is 4.79 Å². The molecule has 2 unspecified atom stereocenters. The van der Waals surface area contributed by atoms with Crippen molar-refractivity contribution >= 4 is 18.2 Å². The van der Waals surface area contributed by atoms with Crippen LogP contribution in [0.15, 0.2) is 109 Å². The molecule has 0 radical (unpaired) electrons. The molecule has 0 aromatic heterocycles. The van der Waals surface area contributed by atoms with Gasteiger partial charge in [-0.1, -0.05) is 97.1 Å². The summed E-state index contributed by atoms with van der Waals surface area (Å²) in [4.78, 5) is 14.9. The lowest BCUT2D eigenvalue weighted by Gasteiger charge is -2.39. The van der Waals surface area contributed by atoms with E-state index in [0.717, 1.165) is 12.4 Å². The van der Waals surface area contributed by atoms with Gasteiger partial charge in [-0.15, -0.1) is 0 Å². The van der Waals surface area contributed by atoms with Crippen molar-refractivity contribution in [2.45, 2.75) is 10.8 Å². The summed E-state index contributed by atoms with van der Waals surface area (Å²) < 4.78 is 0. The van der Waals surface area contributed by atoms with E-state index in [4.69, 9.17) is 10.8 Å². The lowest BCUT2D eigenvalue weighted by Crippen LogP contribution is -2.52. The molecule has 0 aliphatic heterocycles. The van der Waals surface area contributed by atoms with E-state index in [9.17, 15) is 15.0 Å². The molecule has 0 bridgehead atoms. The number of carbonyl (C=O) groups is 1. The fraction of sp³-hybridized carbons (Fsp3) is 0.0690. The molecule has 4 N–H and O–H groups in total. The number of hydrogen-bond acceptors (Lipinski definition) is 5. The van der Waals surface area contributed by atoms with Gasteiger partial charge in [-0.05, 0) is 23.3 Å². The van der Waals surface area contributed by atoms with Gasteiger partial charge in [-0.2, -0.15) is 0 Å².